The monoisotopic (exact) mass is 310 g/mol. The molecule has 3 rings (SSSR count). The van der Waals surface area contributed by atoms with Crippen LogP contribution in [0.25, 0.3) is 11.0 Å². The Morgan fingerprint density at radius 1 is 1.30 bits per heavy atom. The van der Waals surface area contributed by atoms with Crippen molar-refractivity contribution >= 4 is 16.7 Å². The van der Waals surface area contributed by atoms with Crippen molar-refractivity contribution in [3.63, 3.8) is 0 Å². The second kappa shape index (κ2) is 6.04. The van der Waals surface area contributed by atoms with E-state index in [1.54, 1.807) is 17.7 Å². The maximum absolute atomic E-state index is 12.6. The number of hydrogen-bond donors (Lipinski definition) is 0. The lowest BCUT2D eigenvalue weighted by molar-refractivity contribution is 0.427. The molecule has 0 aromatic carbocycles. The summed E-state index contributed by atoms with van der Waals surface area (Å²) >= 11 is 0. The highest BCUT2D eigenvalue weighted by molar-refractivity contribution is 5.90. The maximum Gasteiger partial charge on any atom is 0.255 e. The Labute approximate surface area is 136 Å². The number of rotatable bonds is 2. The van der Waals surface area contributed by atoms with E-state index in [2.05, 4.69) is 23.0 Å². The van der Waals surface area contributed by atoms with Gasteiger partial charge in [-0.25, -0.2) is 4.98 Å². The van der Waals surface area contributed by atoms with E-state index in [1.165, 1.54) is 19.3 Å². The summed E-state index contributed by atoms with van der Waals surface area (Å²) in [5.74, 6) is 0. The smallest absolute Gasteiger partial charge is 0.255 e. The largest absolute Gasteiger partial charge is 0.369 e. The molecular formula is C18H22N4O. The van der Waals surface area contributed by atoms with Crippen LogP contribution in [0.1, 0.15) is 43.4 Å². The third-order valence-corrected chi connectivity index (χ3v) is 5.03. The van der Waals surface area contributed by atoms with Gasteiger partial charge in [-0.05, 0) is 31.9 Å². The number of nitrogens with zero attached hydrogens (tertiary/aromatic N) is 4. The van der Waals surface area contributed by atoms with Crippen molar-refractivity contribution < 1.29 is 0 Å². The van der Waals surface area contributed by atoms with Gasteiger partial charge in [0.05, 0.1) is 11.2 Å². The summed E-state index contributed by atoms with van der Waals surface area (Å²) in [6.07, 6.45) is 6.04. The predicted octanol–water partition coefficient (Wildman–Crippen LogP) is 2.88. The van der Waals surface area contributed by atoms with Gasteiger partial charge in [-0.15, -0.1) is 0 Å². The van der Waals surface area contributed by atoms with Crippen molar-refractivity contribution in [3.8, 4) is 6.07 Å². The molecule has 0 radical (unpaired) electrons. The van der Waals surface area contributed by atoms with E-state index in [4.69, 9.17) is 0 Å². The second-order valence-electron chi connectivity index (χ2n) is 6.42. The van der Waals surface area contributed by atoms with Gasteiger partial charge >= 0.3 is 0 Å². The number of aryl methyl sites for hydroxylation is 1. The number of fused-ring (bicyclic) bond motifs is 1. The molecule has 1 fully saturated rings. The van der Waals surface area contributed by atoms with Crippen molar-refractivity contribution in [1.82, 2.24) is 9.55 Å². The van der Waals surface area contributed by atoms with Crippen molar-refractivity contribution in [2.75, 3.05) is 11.9 Å². The Hall–Kier alpha value is -2.35. The van der Waals surface area contributed by atoms with Gasteiger partial charge in [0.2, 0.25) is 0 Å². The third kappa shape index (κ3) is 2.59. The van der Waals surface area contributed by atoms with Crippen LogP contribution < -0.4 is 10.5 Å². The standard InChI is InChI=1S/C18H22N4O/c1-12-17(21(2)14-7-5-4-6-8-14)16-15(22(3)18(12)23)10-9-13(11-19)20-16/h9-10,14H,4-8H2,1-3H3. The molecule has 1 aliphatic rings. The quantitative estimate of drug-likeness (QED) is 0.855. The zero-order chi connectivity index (χ0) is 16.6. The van der Waals surface area contributed by atoms with Crippen LogP contribution in [0, 0.1) is 18.3 Å². The van der Waals surface area contributed by atoms with Gasteiger partial charge in [-0.2, -0.15) is 5.26 Å². The molecule has 0 spiro atoms. The summed E-state index contributed by atoms with van der Waals surface area (Å²) in [7, 11) is 3.81. The Balaban J connectivity index is 2.25. The van der Waals surface area contributed by atoms with Gasteiger partial charge in [0.1, 0.15) is 17.3 Å². The minimum absolute atomic E-state index is 0.00154. The van der Waals surface area contributed by atoms with Crippen molar-refractivity contribution in [3.05, 3.63) is 33.7 Å². The molecule has 2 heterocycles. The SMILES string of the molecule is Cc1c(N(C)C2CCCCC2)c2nc(C#N)ccc2n(C)c1=O. The molecule has 0 N–H and O–H groups in total. The second-order valence-corrected chi connectivity index (χ2v) is 6.42. The highest BCUT2D eigenvalue weighted by Crippen LogP contribution is 2.31. The highest BCUT2D eigenvalue weighted by Gasteiger charge is 2.24. The lowest BCUT2D eigenvalue weighted by atomic mass is 9.93. The van der Waals surface area contributed by atoms with Crippen LogP contribution in [-0.2, 0) is 7.05 Å². The molecule has 23 heavy (non-hydrogen) atoms. The number of nitriles is 1. The van der Waals surface area contributed by atoms with Crippen LogP contribution >= 0.6 is 0 Å². The summed E-state index contributed by atoms with van der Waals surface area (Å²) in [5, 5.41) is 9.17. The summed E-state index contributed by atoms with van der Waals surface area (Å²) in [6.45, 7) is 1.86. The third-order valence-electron chi connectivity index (χ3n) is 5.03. The first-order chi connectivity index (χ1) is 11.0. The normalized spacial score (nSPS) is 15.6. The van der Waals surface area contributed by atoms with Crippen LogP contribution in [0.4, 0.5) is 5.69 Å². The molecule has 0 amide bonds. The van der Waals surface area contributed by atoms with E-state index in [9.17, 15) is 10.1 Å². The van der Waals surface area contributed by atoms with Gasteiger partial charge in [-0.3, -0.25) is 4.79 Å². The number of aromatic nitrogens is 2. The number of hydrogen-bond acceptors (Lipinski definition) is 4. The Morgan fingerprint density at radius 2 is 2.00 bits per heavy atom. The molecule has 2 aromatic heterocycles. The van der Waals surface area contributed by atoms with E-state index in [0.29, 0.717) is 17.3 Å². The Kier molecular flexibility index (Phi) is 4.08. The van der Waals surface area contributed by atoms with Gasteiger partial charge in [0, 0.05) is 25.7 Å². The van der Waals surface area contributed by atoms with Crippen LogP contribution in [-0.4, -0.2) is 22.6 Å². The number of pyridine rings is 2. The zero-order valence-electron chi connectivity index (χ0n) is 14.0. The van der Waals surface area contributed by atoms with Crippen molar-refractivity contribution in [2.45, 2.75) is 45.1 Å². The van der Waals surface area contributed by atoms with Crippen molar-refractivity contribution in [1.29, 1.82) is 5.26 Å². The van der Waals surface area contributed by atoms with Gasteiger partial charge in [0.15, 0.2) is 0 Å². The van der Waals surface area contributed by atoms with Crippen LogP contribution in [0.5, 0.6) is 0 Å². The van der Waals surface area contributed by atoms with Crippen LogP contribution in [0.2, 0.25) is 0 Å². The molecule has 5 heteroatoms. The average Bonchev–Trinajstić information content (AvgIpc) is 2.60. The predicted molar refractivity (Wildman–Crippen MR) is 91.7 cm³/mol. The summed E-state index contributed by atoms with van der Waals surface area (Å²) in [5.41, 5.74) is 3.49. The topological polar surface area (TPSA) is 61.9 Å². The Morgan fingerprint density at radius 3 is 2.65 bits per heavy atom. The molecule has 1 saturated carbocycles. The molecule has 5 nitrogen and oxygen atoms in total. The highest BCUT2D eigenvalue weighted by atomic mass is 16.1. The van der Waals surface area contributed by atoms with E-state index < -0.39 is 0 Å². The van der Waals surface area contributed by atoms with Gasteiger partial charge in [-0.1, -0.05) is 19.3 Å². The lowest BCUT2D eigenvalue weighted by Crippen LogP contribution is -2.36. The van der Waals surface area contributed by atoms with Crippen LogP contribution in [0.15, 0.2) is 16.9 Å². The van der Waals surface area contributed by atoms with E-state index >= 15 is 0 Å². The molecule has 0 aliphatic heterocycles. The molecule has 1 aliphatic carbocycles. The van der Waals surface area contributed by atoms with E-state index in [1.807, 2.05) is 13.0 Å². The van der Waals surface area contributed by atoms with E-state index in [0.717, 1.165) is 29.6 Å². The number of anilines is 1. The Bertz CT molecular complexity index is 841. The molecule has 120 valence electrons. The summed E-state index contributed by atoms with van der Waals surface area (Å²) in [6, 6.07) is 6.02. The van der Waals surface area contributed by atoms with Crippen LogP contribution in [0.3, 0.4) is 0 Å². The van der Waals surface area contributed by atoms with Gasteiger partial charge < -0.3 is 9.47 Å². The minimum Gasteiger partial charge on any atom is -0.369 e. The van der Waals surface area contributed by atoms with E-state index in [-0.39, 0.29) is 5.56 Å². The molecular weight excluding hydrogens is 288 g/mol. The van der Waals surface area contributed by atoms with Gasteiger partial charge in [0.25, 0.3) is 5.56 Å². The molecule has 0 atom stereocenters. The zero-order valence-corrected chi connectivity index (χ0v) is 14.0. The maximum atomic E-state index is 12.6. The summed E-state index contributed by atoms with van der Waals surface area (Å²) < 4.78 is 1.62. The fourth-order valence-electron chi connectivity index (χ4n) is 3.68. The first-order valence-corrected chi connectivity index (χ1v) is 8.18. The summed E-state index contributed by atoms with van der Waals surface area (Å²) in [4.78, 5) is 19.3. The average molecular weight is 310 g/mol. The first-order valence-electron chi connectivity index (χ1n) is 8.18. The fourth-order valence-corrected chi connectivity index (χ4v) is 3.68. The van der Waals surface area contributed by atoms with Crippen molar-refractivity contribution in [2.24, 2.45) is 7.05 Å². The lowest BCUT2D eigenvalue weighted by Gasteiger charge is -2.34. The molecule has 0 saturated heterocycles. The molecule has 2 aromatic rings. The molecule has 0 unspecified atom stereocenters. The minimum atomic E-state index is 0.00154. The first kappa shape index (κ1) is 15.5. The fraction of sp³-hybridized carbons (Fsp3) is 0.500. The molecule has 0 bridgehead atoms.